The summed E-state index contributed by atoms with van der Waals surface area (Å²) in [5.74, 6) is 0.989. The lowest BCUT2D eigenvalue weighted by molar-refractivity contribution is -0.129. The van der Waals surface area contributed by atoms with Crippen LogP contribution < -0.4 is 10.6 Å². The van der Waals surface area contributed by atoms with E-state index >= 15 is 0 Å². The number of carbonyl (C=O) groups excluding carboxylic acids is 1. The van der Waals surface area contributed by atoms with Gasteiger partial charge >= 0.3 is 0 Å². The second-order valence-electron chi connectivity index (χ2n) is 6.70. The molecule has 0 saturated carbocycles. The summed E-state index contributed by atoms with van der Waals surface area (Å²) in [6.45, 7) is 4.19. The SMILES string of the molecule is CCC(=O)N1CCC(NC(=NC)NCC(c2cnn(C)c2)N(C)C)C1. The summed E-state index contributed by atoms with van der Waals surface area (Å²) in [5, 5.41) is 11.1. The molecule has 0 spiro atoms. The third-order valence-electron chi connectivity index (χ3n) is 4.60. The van der Waals surface area contributed by atoms with Crippen LogP contribution in [0.15, 0.2) is 17.4 Å². The highest BCUT2D eigenvalue weighted by Crippen LogP contribution is 2.16. The minimum Gasteiger partial charge on any atom is -0.354 e. The van der Waals surface area contributed by atoms with Crippen LogP contribution in [-0.4, -0.2) is 78.3 Å². The Morgan fingerprint density at radius 2 is 2.28 bits per heavy atom. The second-order valence-corrected chi connectivity index (χ2v) is 6.70. The smallest absolute Gasteiger partial charge is 0.222 e. The normalized spacial score (nSPS) is 19.4. The molecule has 25 heavy (non-hydrogen) atoms. The molecule has 1 aromatic rings. The molecule has 2 unspecified atom stereocenters. The number of amides is 1. The first-order valence-electron chi connectivity index (χ1n) is 8.84. The van der Waals surface area contributed by atoms with E-state index in [2.05, 4.69) is 39.7 Å². The summed E-state index contributed by atoms with van der Waals surface area (Å²) >= 11 is 0. The highest BCUT2D eigenvalue weighted by atomic mass is 16.2. The number of aromatic nitrogens is 2. The maximum atomic E-state index is 11.8. The van der Waals surface area contributed by atoms with E-state index in [1.807, 2.05) is 35.9 Å². The molecule has 1 saturated heterocycles. The van der Waals surface area contributed by atoms with Crippen LogP contribution in [0.1, 0.15) is 31.4 Å². The van der Waals surface area contributed by atoms with Crippen molar-refractivity contribution in [2.75, 3.05) is 40.8 Å². The lowest BCUT2D eigenvalue weighted by Gasteiger charge is -2.25. The third-order valence-corrected chi connectivity index (χ3v) is 4.60. The first kappa shape index (κ1) is 19.2. The van der Waals surface area contributed by atoms with E-state index < -0.39 is 0 Å². The minimum absolute atomic E-state index is 0.203. The van der Waals surface area contributed by atoms with Gasteiger partial charge in [0.2, 0.25) is 5.91 Å². The fraction of sp³-hybridized carbons (Fsp3) is 0.706. The number of rotatable bonds is 6. The quantitative estimate of drug-likeness (QED) is 0.567. The zero-order chi connectivity index (χ0) is 18.4. The molecule has 0 aromatic carbocycles. The van der Waals surface area contributed by atoms with Gasteiger partial charge in [-0.15, -0.1) is 0 Å². The number of aliphatic imine (C=N–C) groups is 1. The monoisotopic (exact) mass is 349 g/mol. The van der Waals surface area contributed by atoms with Crippen LogP contribution in [0.2, 0.25) is 0 Å². The average Bonchev–Trinajstić information content (AvgIpc) is 3.22. The molecule has 0 bridgehead atoms. The molecule has 0 aliphatic carbocycles. The summed E-state index contributed by atoms with van der Waals surface area (Å²) in [6.07, 6.45) is 5.45. The Morgan fingerprint density at radius 1 is 1.52 bits per heavy atom. The number of nitrogens with one attached hydrogen (secondary N) is 2. The van der Waals surface area contributed by atoms with Gasteiger partial charge in [-0.1, -0.05) is 6.92 Å². The number of aryl methyl sites for hydroxylation is 1. The third kappa shape index (κ3) is 5.19. The molecule has 1 aromatic heterocycles. The molecule has 2 atom stereocenters. The molecule has 8 heteroatoms. The number of carbonyl (C=O) groups is 1. The molecule has 140 valence electrons. The van der Waals surface area contributed by atoms with E-state index in [9.17, 15) is 4.79 Å². The van der Waals surface area contributed by atoms with Crippen molar-refractivity contribution in [2.24, 2.45) is 12.0 Å². The molecule has 1 aliphatic heterocycles. The van der Waals surface area contributed by atoms with Crippen molar-refractivity contribution in [3.05, 3.63) is 18.0 Å². The summed E-state index contributed by atoms with van der Waals surface area (Å²) in [5.41, 5.74) is 1.16. The molecule has 1 aliphatic rings. The molecule has 1 fully saturated rings. The van der Waals surface area contributed by atoms with Crippen molar-refractivity contribution in [2.45, 2.75) is 31.8 Å². The van der Waals surface area contributed by atoms with Crippen LogP contribution >= 0.6 is 0 Å². The van der Waals surface area contributed by atoms with E-state index in [0.717, 1.165) is 37.6 Å². The van der Waals surface area contributed by atoms with Gasteiger partial charge in [0.05, 0.1) is 12.2 Å². The van der Waals surface area contributed by atoms with Crippen molar-refractivity contribution in [1.29, 1.82) is 0 Å². The van der Waals surface area contributed by atoms with Gasteiger partial charge in [-0.3, -0.25) is 14.5 Å². The van der Waals surface area contributed by atoms with E-state index in [1.165, 1.54) is 0 Å². The van der Waals surface area contributed by atoms with Crippen LogP contribution in [0.4, 0.5) is 0 Å². The number of hydrogen-bond donors (Lipinski definition) is 2. The highest BCUT2D eigenvalue weighted by Gasteiger charge is 2.26. The predicted molar refractivity (Wildman–Crippen MR) is 99.4 cm³/mol. The van der Waals surface area contributed by atoms with Crippen molar-refractivity contribution in [3.63, 3.8) is 0 Å². The maximum absolute atomic E-state index is 11.8. The summed E-state index contributed by atoms with van der Waals surface area (Å²) in [6, 6.07) is 0.451. The first-order valence-corrected chi connectivity index (χ1v) is 8.84. The standard InChI is InChI=1S/C17H31N7O/c1-6-16(25)24-8-7-14(12-24)21-17(18-2)19-10-15(22(3)4)13-9-20-23(5)11-13/h9,11,14-15H,6-8,10,12H2,1-5H3,(H2,18,19,21). The molecular formula is C17H31N7O. The molecule has 2 heterocycles. The number of likely N-dealkylation sites (tertiary alicyclic amines) is 1. The Hall–Kier alpha value is -2.09. The summed E-state index contributed by atoms with van der Waals surface area (Å²) < 4.78 is 1.82. The van der Waals surface area contributed by atoms with E-state index in [1.54, 1.807) is 7.05 Å². The van der Waals surface area contributed by atoms with Crippen LogP contribution in [-0.2, 0) is 11.8 Å². The van der Waals surface area contributed by atoms with Crippen LogP contribution in [0.5, 0.6) is 0 Å². The maximum Gasteiger partial charge on any atom is 0.222 e. The topological polar surface area (TPSA) is 77.8 Å². The Bertz CT molecular complexity index is 596. The molecule has 8 nitrogen and oxygen atoms in total. The van der Waals surface area contributed by atoms with Gasteiger partial charge in [0.1, 0.15) is 0 Å². The zero-order valence-corrected chi connectivity index (χ0v) is 16.0. The number of hydrogen-bond acceptors (Lipinski definition) is 4. The fourth-order valence-electron chi connectivity index (χ4n) is 3.12. The molecule has 1 amide bonds. The van der Waals surface area contributed by atoms with Gasteiger partial charge in [-0.2, -0.15) is 5.10 Å². The minimum atomic E-state index is 0.203. The zero-order valence-electron chi connectivity index (χ0n) is 16.0. The second kappa shape index (κ2) is 8.84. The van der Waals surface area contributed by atoms with Crippen LogP contribution in [0.25, 0.3) is 0 Å². The fourth-order valence-corrected chi connectivity index (χ4v) is 3.12. The van der Waals surface area contributed by atoms with Crippen molar-refractivity contribution >= 4 is 11.9 Å². The van der Waals surface area contributed by atoms with Gasteiger partial charge in [0.15, 0.2) is 5.96 Å². The van der Waals surface area contributed by atoms with Crippen molar-refractivity contribution in [1.82, 2.24) is 30.2 Å². The summed E-state index contributed by atoms with van der Waals surface area (Å²) in [7, 11) is 7.81. The van der Waals surface area contributed by atoms with Crippen molar-refractivity contribution < 1.29 is 4.79 Å². The molecule has 2 rings (SSSR count). The Balaban J connectivity index is 1.88. The largest absolute Gasteiger partial charge is 0.354 e. The van der Waals surface area contributed by atoms with Gasteiger partial charge in [-0.25, -0.2) is 0 Å². The van der Waals surface area contributed by atoms with Crippen molar-refractivity contribution in [3.8, 4) is 0 Å². The van der Waals surface area contributed by atoms with Gasteiger partial charge in [0, 0.05) is 58.0 Å². The highest BCUT2D eigenvalue weighted by molar-refractivity contribution is 5.80. The lowest BCUT2D eigenvalue weighted by atomic mass is 10.1. The Labute approximate surface area is 150 Å². The van der Waals surface area contributed by atoms with Crippen LogP contribution in [0, 0.1) is 0 Å². The molecule has 0 radical (unpaired) electrons. The van der Waals surface area contributed by atoms with Crippen LogP contribution in [0.3, 0.4) is 0 Å². The molecular weight excluding hydrogens is 318 g/mol. The van der Waals surface area contributed by atoms with E-state index in [4.69, 9.17) is 0 Å². The Kier molecular flexibility index (Phi) is 6.81. The predicted octanol–water partition coefficient (Wildman–Crippen LogP) is 0.199. The number of guanidine groups is 1. The first-order chi connectivity index (χ1) is 11.9. The lowest BCUT2D eigenvalue weighted by Crippen LogP contribution is -2.47. The Morgan fingerprint density at radius 3 is 2.84 bits per heavy atom. The van der Waals surface area contributed by atoms with Gasteiger partial charge in [0.25, 0.3) is 0 Å². The van der Waals surface area contributed by atoms with Gasteiger partial charge in [-0.05, 0) is 20.5 Å². The molecule has 2 N–H and O–H groups in total. The number of likely N-dealkylation sites (N-methyl/N-ethyl adjacent to an activating group) is 1. The number of nitrogens with zero attached hydrogens (tertiary/aromatic N) is 5. The van der Waals surface area contributed by atoms with E-state index in [-0.39, 0.29) is 18.0 Å². The van der Waals surface area contributed by atoms with E-state index in [0.29, 0.717) is 6.42 Å². The van der Waals surface area contributed by atoms with Gasteiger partial charge < -0.3 is 20.4 Å². The average molecular weight is 349 g/mol. The summed E-state index contributed by atoms with van der Waals surface area (Å²) in [4.78, 5) is 20.2.